The first kappa shape index (κ1) is 8.98. The fourth-order valence-electron chi connectivity index (χ4n) is 2.83. The molecule has 2 nitrogen and oxygen atoms in total. The van der Waals surface area contributed by atoms with E-state index in [2.05, 4.69) is 38.3 Å². The molecule has 2 fully saturated rings. The molecule has 0 unspecified atom stereocenters. The number of nitrogens with one attached hydrogen (secondary N) is 1. The summed E-state index contributed by atoms with van der Waals surface area (Å²) in [5.41, 5.74) is 1.50. The van der Waals surface area contributed by atoms with E-state index in [0.29, 0.717) is 6.04 Å². The summed E-state index contributed by atoms with van der Waals surface area (Å²) in [5, 5.41) is 3.64. The van der Waals surface area contributed by atoms with Gasteiger partial charge in [-0.25, -0.2) is 0 Å². The van der Waals surface area contributed by atoms with E-state index < -0.39 is 0 Å². The molecule has 0 aromatic rings. The normalized spacial score (nSPS) is 35.9. The fraction of sp³-hybridized carbons (Fsp3) is 0.636. The third kappa shape index (κ3) is 1.26. The molecular weight excluding hydrogens is 240 g/mol. The summed E-state index contributed by atoms with van der Waals surface area (Å²) in [6.45, 7) is 2.42. The lowest BCUT2D eigenvalue weighted by molar-refractivity contribution is 0.232. The van der Waals surface area contributed by atoms with Crippen LogP contribution in [0, 0.1) is 0 Å². The van der Waals surface area contributed by atoms with Gasteiger partial charge in [0.05, 0.1) is 6.04 Å². The summed E-state index contributed by atoms with van der Waals surface area (Å²) < 4.78 is 1.29. The maximum absolute atomic E-state index is 3.68. The van der Waals surface area contributed by atoms with Gasteiger partial charge in [0.1, 0.15) is 0 Å². The van der Waals surface area contributed by atoms with Gasteiger partial charge in [0.25, 0.3) is 0 Å². The first-order chi connectivity index (χ1) is 6.86. The molecule has 0 aromatic heterocycles. The Balaban J connectivity index is 1.98. The van der Waals surface area contributed by atoms with Crippen LogP contribution in [0.25, 0.3) is 0 Å². The Labute approximate surface area is 93.2 Å². The van der Waals surface area contributed by atoms with Crippen LogP contribution in [0.1, 0.15) is 19.3 Å². The summed E-state index contributed by atoms with van der Waals surface area (Å²) in [7, 11) is 0. The molecule has 0 spiro atoms. The van der Waals surface area contributed by atoms with E-state index in [4.69, 9.17) is 0 Å². The Bertz CT molecular complexity index is 308. The van der Waals surface area contributed by atoms with E-state index in [1.807, 2.05) is 0 Å². The van der Waals surface area contributed by atoms with Gasteiger partial charge in [-0.15, -0.1) is 0 Å². The van der Waals surface area contributed by atoms with Crippen molar-refractivity contribution in [2.24, 2.45) is 0 Å². The van der Waals surface area contributed by atoms with Gasteiger partial charge in [0.15, 0.2) is 0 Å². The van der Waals surface area contributed by atoms with Crippen LogP contribution in [-0.2, 0) is 0 Å². The molecule has 2 atom stereocenters. The van der Waals surface area contributed by atoms with Crippen molar-refractivity contribution >= 4 is 15.9 Å². The number of nitrogens with zero attached hydrogens (tertiary/aromatic N) is 1. The minimum absolute atomic E-state index is 0.559. The number of fused-ring (bicyclic) bond motifs is 3. The van der Waals surface area contributed by atoms with Gasteiger partial charge in [0, 0.05) is 29.3 Å². The molecule has 1 N–H and O–H groups in total. The van der Waals surface area contributed by atoms with Crippen LogP contribution in [0.3, 0.4) is 0 Å². The first-order valence-corrected chi connectivity index (χ1v) is 6.22. The average molecular weight is 255 g/mol. The lowest BCUT2D eigenvalue weighted by Crippen LogP contribution is -2.52. The minimum atomic E-state index is 0.559. The Hall–Kier alpha value is -0.280. The number of hydrogen-bond donors (Lipinski definition) is 1. The zero-order chi connectivity index (χ0) is 9.54. The second-order valence-electron chi connectivity index (χ2n) is 4.32. The fourth-order valence-corrected chi connectivity index (χ4v) is 3.52. The maximum Gasteiger partial charge on any atom is 0.0518 e. The van der Waals surface area contributed by atoms with Crippen molar-refractivity contribution < 1.29 is 0 Å². The van der Waals surface area contributed by atoms with E-state index in [1.165, 1.54) is 36.1 Å². The Morgan fingerprint density at radius 2 is 2.43 bits per heavy atom. The van der Waals surface area contributed by atoms with Crippen LogP contribution < -0.4 is 5.32 Å². The van der Waals surface area contributed by atoms with Gasteiger partial charge in [-0.2, -0.15) is 0 Å². The molecule has 2 heterocycles. The molecule has 76 valence electrons. The van der Waals surface area contributed by atoms with Crippen LogP contribution in [0.4, 0.5) is 0 Å². The lowest BCUT2D eigenvalue weighted by atomic mass is 9.99. The van der Waals surface area contributed by atoms with E-state index in [9.17, 15) is 0 Å². The number of rotatable bonds is 0. The Morgan fingerprint density at radius 1 is 1.50 bits per heavy atom. The molecule has 1 aliphatic carbocycles. The molecule has 3 heteroatoms. The van der Waals surface area contributed by atoms with Crippen LogP contribution in [0.5, 0.6) is 0 Å². The minimum Gasteiger partial charge on any atom is -0.368 e. The second-order valence-corrected chi connectivity index (χ2v) is 5.18. The van der Waals surface area contributed by atoms with Crippen LogP contribution in [0.2, 0.25) is 0 Å². The van der Waals surface area contributed by atoms with Crippen molar-refractivity contribution in [3.63, 3.8) is 0 Å². The molecule has 2 saturated heterocycles. The highest BCUT2D eigenvalue weighted by Crippen LogP contribution is 2.34. The molecule has 0 amide bonds. The quantitative estimate of drug-likeness (QED) is 0.712. The van der Waals surface area contributed by atoms with Gasteiger partial charge in [0.2, 0.25) is 0 Å². The molecule has 14 heavy (non-hydrogen) atoms. The van der Waals surface area contributed by atoms with Gasteiger partial charge in [-0.3, -0.25) is 0 Å². The van der Waals surface area contributed by atoms with Crippen molar-refractivity contribution in [1.82, 2.24) is 10.2 Å². The zero-order valence-corrected chi connectivity index (χ0v) is 9.76. The van der Waals surface area contributed by atoms with Crippen molar-refractivity contribution in [2.45, 2.75) is 31.3 Å². The first-order valence-electron chi connectivity index (χ1n) is 5.42. The highest BCUT2D eigenvalue weighted by atomic mass is 79.9. The lowest BCUT2D eigenvalue weighted by Gasteiger charge is -2.41. The summed E-state index contributed by atoms with van der Waals surface area (Å²) in [4.78, 5) is 2.61. The van der Waals surface area contributed by atoms with Crippen LogP contribution in [0.15, 0.2) is 22.3 Å². The van der Waals surface area contributed by atoms with Gasteiger partial charge < -0.3 is 10.2 Å². The third-order valence-electron chi connectivity index (χ3n) is 3.50. The smallest absolute Gasteiger partial charge is 0.0518 e. The molecule has 0 bridgehead atoms. The molecule has 3 rings (SSSR count). The van der Waals surface area contributed by atoms with E-state index in [0.717, 1.165) is 12.5 Å². The highest BCUT2D eigenvalue weighted by molar-refractivity contribution is 9.11. The standard InChI is InChI=1S/C11H15BrN2/c12-9-4-1-5-10-11(9)14-6-2-3-8(14)7-13-10/h1,4,8,10,13H,2-3,5-7H2/t8-,10+/m1/s1. The molecule has 2 aliphatic heterocycles. The summed E-state index contributed by atoms with van der Waals surface area (Å²) in [6, 6.07) is 1.31. The largest absolute Gasteiger partial charge is 0.368 e. The molecule has 3 aliphatic rings. The number of hydrogen-bond acceptors (Lipinski definition) is 2. The van der Waals surface area contributed by atoms with Crippen LogP contribution in [-0.4, -0.2) is 30.1 Å². The summed E-state index contributed by atoms with van der Waals surface area (Å²) in [6.07, 6.45) is 8.31. The van der Waals surface area contributed by atoms with Crippen molar-refractivity contribution in [2.75, 3.05) is 13.1 Å². The number of allylic oxidation sites excluding steroid dienone is 2. The predicted molar refractivity (Wildman–Crippen MR) is 61.2 cm³/mol. The topological polar surface area (TPSA) is 15.3 Å². The Morgan fingerprint density at radius 3 is 3.36 bits per heavy atom. The van der Waals surface area contributed by atoms with Gasteiger partial charge in [-0.05, 0) is 35.2 Å². The van der Waals surface area contributed by atoms with Gasteiger partial charge >= 0.3 is 0 Å². The summed E-state index contributed by atoms with van der Waals surface area (Å²) in [5.74, 6) is 0. The molecule has 0 aromatic carbocycles. The molecule has 0 radical (unpaired) electrons. The van der Waals surface area contributed by atoms with Crippen molar-refractivity contribution in [1.29, 1.82) is 0 Å². The monoisotopic (exact) mass is 254 g/mol. The SMILES string of the molecule is BrC1=C2[C@H](CC=C1)NC[C@H]1CCCN21. The average Bonchev–Trinajstić information content (AvgIpc) is 2.65. The third-order valence-corrected chi connectivity index (χ3v) is 4.17. The van der Waals surface area contributed by atoms with E-state index >= 15 is 0 Å². The maximum atomic E-state index is 3.68. The van der Waals surface area contributed by atoms with E-state index in [-0.39, 0.29) is 0 Å². The number of halogens is 1. The Kier molecular flexibility index (Phi) is 2.17. The second kappa shape index (κ2) is 3.38. The predicted octanol–water partition coefficient (Wildman–Crippen LogP) is 1.99. The summed E-state index contributed by atoms with van der Waals surface area (Å²) >= 11 is 3.68. The van der Waals surface area contributed by atoms with Gasteiger partial charge in [-0.1, -0.05) is 12.2 Å². The molecule has 0 saturated carbocycles. The van der Waals surface area contributed by atoms with E-state index in [1.54, 1.807) is 0 Å². The zero-order valence-electron chi connectivity index (χ0n) is 8.17. The number of piperazine rings is 1. The molecular formula is C11H15BrN2. The van der Waals surface area contributed by atoms with Crippen molar-refractivity contribution in [3.8, 4) is 0 Å². The van der Waals surface area contributed by atoms with Crippen LogP contribution >= 0.6 is 15.9 Å². The van der Waals surface area contributed by atoms with Crippen molar-refractivity contribution in [3.05, 3.63) is 22.3 Å². The highest BCUT2D eigenvalue weighted by Gasteiger charge is 2.36.